The Kier molecular flexibility index (Phi) is 5.64. The van der Waals surface area contributed by atoms with Crippen LogP contribution in [0.15, 0.2) is 174 Å². The first kappa shape index (κ1) is 26.1. The molecule has 9 aromatic carbocycles. The molecule has 1 heteroatoms. The Labute approximate surface area is 271 Å². The van der Waals surface area contributed by atoms with E-state index < -0.39 is 0 Å². The summed E-state index contributed by atoms with van der Waals surface area (Å²) in [5.41, 5.74) is 9.19. The normalized spacial score (nSPS) is 11.8. The zero-order valence-electron chi connectivity index (χ0n) is 25.6. The Bertz CT molecular complexity index is 2730. The summed E-state index contributed by atoms with van der Waals surface area (Å²) in [7, 11) is 0. The number of benzene rings is 9. The Balaban J connectivity index is 1.31. The second-order valence-corrected chi connectivity index (χ2v) is 12.4. The number of furan rings is 1. The van der Waals surface area contributed by atoms with Crippen molar-refractivity contribution >= 4 is 65.0 Å². The fraction of sp³-hybridized carbons (Fsp3) is 0. The maximum atomic E-state index is 6.58. The maximum absolute atomic E-state index is 6.58. The van der Waals surface area contributed by atoms with Crippen LogP contribution in [0, 0.1) is 0 Å². The molecule has 0 unspecified atom stereocenters. The van der Waals surface area contributed by atoms with Crippen LogP contribution in [0.5, 0.6) is 0 Å². The molecule has 0 saturated carbocycles. The van der Waals surface area contributed by atoms with E-state index in [-0.39, 0.29) is 0 Å². The van der Waals surface area contributed by atoms with Crippen molar-refractivity contribution in [3.8, 4) is 33.4 Å². The molecule has 10 aromatic rings. The minimum Gasteiger partial charge on any atom is -0.456 e. The molecule has 0 aliphatic rings. The van der Waals surface area contributed by atoms with Gasteiger partial charge in [0.05, 0.1) is 0 Å². The molecule has 1 aromatic heterocycles. The van der Waals surface area contributed by atoms with Crippen molar-refractivity contribution in [2.75, 3.05) is 0 Å². The van der Waals surface area contributed by atoms with E-state index in [0.717, 1.165) is 21.9 Å². The lowest BCUT2D eigenvalue weighted by Gasteiger charge is -2.17. The number of rotatable bonds is 3. The molecule has 0 aliphatic heterocycles. The Morgan fingerprint density at radius 1 is 0.298 bits per heavy atom. The summed E-state index contributed by atoms with van der Waals surface area (Å²) in [4.78, 5) is 0. The van der Waals surface area contributed by atoms with Gasteiger partial charge in [0.25, 0.3) is 0 Å². The van der Waals surface area contributed by atoms with Gasteiger partial charge in [0.1, 0.15) is 11.2 Å². The van der Waals surface area contributed by atoms with Crippen LogP contribution in [0.3, 0.4) is 0 Å². The van der Waals surface area contributed by atoms with Crippen LogP contribution in [0.2, 0.25) is 0 Å². The summed E-state index contributed by atoms with van der Waals surface area (Å²) >= 11 is 0. The predicted octanol–water partition coefficient (Wildman–Crippen LogP) is 13.2. The quantitative estimate of drug-likeness (QED) is 0.185. The summed E-state index contributed by atoms with van der Waals surface area (Å²) in [5, 5.41) is 12.3. The molecule has 218 valence electrons. The van der Waals surface area contributed by atoms with Gasteiger partial charge in [-0.2, -0.15) is 0 Å². The van der Waals surface area contributed by atoms with Crippen molar-refractivity contribution in [1.82, 2.24) is 0 Å². The fourth-order valence-electron chi connectivity index (χ4n) is 7.85. The largest absolute Gasteiger partial charge is 0.456 e. The number of hydrogen-bond acceptors (Lipinski definition) is 1. The molecule has 0 spiro atoms. The van der Waals surface area contributed by atoms with Gasteiger partial charge in [0, 0.05) is 10.8 Å². The second kappa shape index (κ2) is 10.2. The Morgan fingerprint density at radius 3 is 1.45 bits per heavy atom. The van der Waals surface area contributed by atoms with Gasteiger partial charge in [-0.25, -0.2) is 0 Å². The molecule has 1 heterocycles. The molecular weight excluding hydrogens is 569 g/mol. The van der Waals surface area contributed by atoms with Crippen LogP contribution in [0.25, 0.3) is 98.4 Å². The Morgan fingerprint density at radius 2 is 0.830 bits per heavy atom. The summed E-state index contributed by atoms with van der Waals surface area (Å²) < 4.78 is 6.58. The van der Waals surface area contributed by atoms with Gasteiger partial charge in [0.2, 0.25) is 0 Å². The van der Waals surface area contributed by atoms with Gasteiger partial charge in [0.15, 0.2) is 0 Å². The molecule has 0 atom stereocenters. The lowest BCUT2D eigenvalue weighted by Crippen LogP contribution is -1.90. The average molecular weight is 597 g/mol. The molecule has 47 heavy (non-hydrogen) atoms. The highest BCUT2D eigenvalue weighted by atomic mass is 16.3. The molecule has 0 saturated heterocycles. The smallest absolute Gasteiger partial charge is 0.136 e. The van der Waals surface area contributed by atoms with Crippen molar-refractivity contribution in [3.63, 3.8) is 0 Å². The highest BCUT2D eigenvalue weighted by Gasteiger charge is 2.20. The zero-order chi connectivity index (χ0) is 30.9. The number of hydrogen-bond donors (Lipinski definition) is 0. The average Bonchev–Trinajstić information content (AvgIpc) is 3.51. The van der Waals surface area contributed by atoms with Gasteiger partial charge in [-0.1, -0.05) is 146 Å². The first-order chi connectivity index (χ1) is 23.3. The third-order valence-corrected chi connectivity index (χ3v) is 9.82. The zero-order valence-corrected chi connectivity index (χ0v) is 25.6. The monoisotopic (exact) mass is 596 g/mol. The van der Waals surface area contributed by atoms with E-state index in [2.05, 4.69) is 170 Å². The van der Waals surface area contributed by atoms with Crippen LogP contribution in [-0.2, 0) is 0 Å². The van der Waals surface area contributed by atoms with Gasteiger partial charge >= 0.3 is 0 Å². The molecule has 0 radical (unpaired) electrons. The van der Waals surface area contributed by atoms with Crippen LogP contribution in [0.1, 0.15) is 0 Å². The van der Waals surface area contributed by atoms with Crippen molar-refractivity contribution in [2.24, 2.45) is 0 Å². The van der Waals surface area contributed by atoms with E-state index in [4.69, 9.17) is 4.42 Å². The van der Waals surface area contributed by atoms with E-state index in [1.54, 1.807) is 0 Å². The number of fused-ring (bicyclic) bond motifs is 7. The first-order valence-corrected chi connectivity index (χ1v) is 16.2. The van der Waals surface area contributed by atoms with Crippen molar-refractivity contribution in [2.45, 2.75) is 0 Å². The molecule has 0 aliphatic carbocycles. The molecule has 0 N–H and O–H groups in total. The third kappa shape index (κ3) is 3.90. The fourth-order valence-corrected chi connectivity index (χ4v) is 7.85. The highest BCUT2D eigenvalue weighted by Crippen LogP contribution is 2.47. The standard InChI is InChI=1S/C46H28O/c1-2-13-29(14-3-1)43-35-19-8-10-21-37(35)44(38-22-11-9-20-36(38)43)32-25-26-41-40(28-32)46-39(23-12-24-42(46)47-41)45-33-17-6-4-15-30(33)27-31-16-5-7-18-34(31)45/h1-28H. The molecule has 1 nitrogen and oxygen atoms in total. The van der Waals surface area contributed by atoms with E-state index in [1.807, 2.05) is 0 Å². The van der Waals surface area contributed by atoms with E-state index in [1.165, 1.54) is 76.5 Å². The van der Waals surface area contributed by atoms with Crippen molar-refractivity contribution in [3.05, 3.63) is 170 Å². The van der Waals surface area contributed by atoms with Gasteiger partial charge in [-0.15, -0.1) is 0 Å². The molecule has 10 rings (SSSR count). The van der Waals surface area contributed by atoms with Gasteiger partial charge in [-0.05, 0) is 101 Å². The first-order valence-electron chi connectivity index (χ1n) is 16.2. The summed E-state index contributed by atoms with van der Waals surface area (Å²) in [6, 6.07) is 61.5. The molecule has 0 fully saturated rings. The predicted molar refractivity (Wildman–Crippen MR) is 200 cm³/mol. The lowest BCUT2D eigenvalue weighted by atomic mass is 9.85. The van der Waals surface area contributed by atoms with Gasteiger partial charge in [-0.3, -0.25) is 0 Å². The molecule has 0 bridgehead atoms. The van der Waals surface area contributed by atoms with Crippen LogP contribution < -0.4 is 0 Å². The molecule has 0 amide bonds. The van der Waals surface area contributed by atoms with E-state index in [0.29, 0.717) is 0 Å². The van der Waals surface area contributed by atoms with E-state index >= 15 is 0 Å². The maximum Gasteiger partial charge on any atom is 0.136 e. The van der Waals surface area contributed by atoms with Gasteiger partial charge < -0.3 is 4.42 Å². The van der Waals surface area contributed by atoms with Crippen molar-refractivity contribution < 1.29 is 4.42 Å². The minimum absolute atomic E-state index is 0.898. The SMILES string of the molecule is c1ccc(-c2c3ccccc3c(-c3ccc4oc5cccc(-c6c7ccccc7cc7ccccc67)c5c4c3)c3ccccc23)cc1. The Hall–Kier alpha value is -6.18. The van der Waals surface area contributed by atoms with E-state index in [9.17, 15) is 0 Å². The lowest BCUT2D eigenvalue weighted by molar-refractivity contribution is 0.669. The topological polar surface area (TPSA) is 13.1 Å². The van der Waals surface area contributed by atoms with Crippen molar-refractivity contribution in [1.29, 1.82) is 0 Å². The minimum atomic E-state index is 0.898. The van der Waals surface area contributed by atoms with Crippen LogP contribution in [0.4, 0.5) is 0 Å². The second-order valence-electron chi connectivity index (χ2n) is 12.4. The highest BCUT2D eigenvalue weighted by molar-refractivity contribution is 6.24. The summed E-state index contributed by atoms with van der Waals surface area (Å²) in [6.45, 7) is 0. The molecular formula is C46H28O. The summed E-state index contributed by atoms with van der Waals surface area (Å²) in [6.07, 6.45) is 0. The van der Waals surface area contributed by atoms with Crippen LogP contribution >= 0.6 is 0 Å². The third-order valence-electron chi connectivity index (χ3n) is 9.82. The van der Waals surface area contributed by atoms with Crippen LogP contribution in [-0.4, -0.2) is 0 Å². The summed E-state index contributed by atoms with van der Waals surface area (Å²) in [5.74, 6) is 0.